The predicted molar refractivity (Wildman–Crippen MR) is 146 cm³/mol. The zero-order valence-corrected chi connectivity index (χ0v) is 21.9. The third kappa shape index (κ3) is 5.67. The minimum absolute atomic E-state index is 0.206. The van der Waals surface area contributed by atoms with E-state index in [1.54, 1.807) is 0 Å². The number of carbonyl (C=O) groups excluding carboxylic acids is 1. The molecule has 3 nitrogen and oxygen atoms in total. The van der Waals surface area contributed by atoms with Crippen LogP contribution >= 0.6 is 0 Å². The highest BCUT2D eigenvalue weighted by Gasteiger charge is 2.27. The number of benzene rings is 2. The zero-order chi connectivity index (χ0) is 24.1. The molecule has 2 saturated heterocycles. The summed E-state index contributed by atoms with van der Waals surface area (Å²) in [5.74, 6) is 1.33. The Morgan fingerprint density at radius 2 is 1.03 bits per heavy atom. The first-order chi connectivity index (χ1) is 16.5. The van der Waals surface area contributed by atoms with E-state index in [1.807, 2.05) is 0 Å². The lowest BCUT2D eigenvalue weighted by atomic mass is 9.89. The van der Waals surface area contributed by atoms with Gasteiger partial charge in [0.2, 0.25) is 0 Å². The normalized spacial score (nSPS) is 17.0. The second kappa shape index (κ2) is 11.4. The Balaban J connectivity index is 1.82. The molecule has 0 aliphatic carbocycles. The SMILES string of the molecule is CC(C)Cc1cccc(C(=O)c2cccc(CC(C)C)c2N2CCCCC2)c1N1CCCCC1. The molecule has 2 fully saturated rings. The van der Waals surface area contributed by atoms with E-state index >= 15 is 0 Å². The number of nitrogens with zero attached hydrogens (tertiary/aromatic N) is 2. The minimum atomic E-state index is 0.206. The summed E-state index contributed by atoms with van der Waals surface area (Å²) in [6.45, 7) is 13.3. The Bertz CT molecular complexity index is 888. The van der Waals surface area contributed by atoms with Crippen LogP contribution in [0.2, 0.25) is 0 Å². The van der Waals surface area contributed by atoms with Crippen molar-refractivity contribution in [1.29, 1.82) is 0 Å². The van der Waals surface area contributed by atoms with Crippen LogP contribution in [0.15, 0.2) is 36.4 Å². The summed E-state index contributed by atoms with van der Waals surface area (Å²) in [6.07, 6.45) is 9.47. The molecule has 34 heavy (non-hydrogen) atoms. The Morgan fingerprint density at radius 3 is 1.38 bits per heavy atom. The molecule has 2 aliphatic heterocycles. The van der Waals surface area contributed by atoms with Crippen molar-refractivity contribution in [1.82, 2.24) is 0 Å². The van der Waals surface area contributed by atoms with E-state index in [9.17, 15) is 4.79 Å². The van der Waals surface area contributed by atoms with Crippen LogP contribution in [0.1, 0.15) is 93.3 Å². The molecule has 4 rings (SSSR count). The van der Waals surface area contributed by atoms with E-state index < -0.39 is 0 Å². The van der Waals surface area contributed by atoms with Crippen LogP contribution in [0, 0.1) is 11.8 Å². The molecule has 2 aromatic rings. The number of anilines is 2. The molecule has 0 N–H and O–H groups in total. The average Bonchev–Trinajstić information content (AvgIpc) is 2.83. The van der Waals surface area contributed by atoms with Gasteiger partial charge in [0, 0.05) is 37.3 Å². The molecule has 0 aromatic heterocycles. The van der Waals surface area contributed by atoms with Gasteiger partial charge >= 0.3 is 0 Å². The molecule has 0 spiro atoms. The summed E-state index contributed by atoms with van der Waals surface area (Å²) in [4.78, 5) is 19.4. The maximum Gasteiger partial charge on any atom is 0.197 e. The van der Waals surface area contributed by atoms with Crippen LogP contribution in [0.25, 0.3) is 0 Å². The molecule has 2 aliphatic rings. The van der Waals surface area contributed by atoms with Gasteiger partial charge in [0.05, 0.1) is 11.4 Å². The minimum Gasteiger partial charge on any atom is -0.371 e. The van der Waals surface area contributed by atoms with Crippen LogP contribution in [-0.2, 0) is 12.8 Å². The fourth-order valence-electron chi connectivity index (χ4n) is 5.89. The van der Waals surface area contributed by atoms with E-state index in [1.165, 1.54) is 61.0 Å². The fourth-order valence-corrected chi connectivity index (χ4v) is 5.89. The van der Waals surface area contributed by atoms with Gasteiger partial charge in [-0.2, -0.15) is 0 Å². The molecule has 0 amide bonds. The molecule has 0 radical (unpaired) electrons. The summed E-state index contributed by atoms with van der Waals surface area (Å²) in [5, 5.41) is 0. The van der Waals surface area contributed by atoms with E-state index in [4.69, 9.17) is 0 Å². The Labute approximate surface area is 207 Å². The summed E-state index contributed by atoms with van der Waals surface area (Å²) >= 11 is 0. The quantitative estimate of drug-likeness (QED) is 0.386. The van der Waals surface area contributed by atoms with E-state index in [-0.39, 0.29) is 5.78 Å². The van der Waals surface area contributed by atoms with Gasteiger partial charge in [-0.25, -0.2) is 0 Å². The fraction of sp³-hybridized carbons (Fsp3) is 0.581. The lowest BCUT2D eigenvalue weighted by Crippen LogP contribution is -2.33. The number of ketones is 1. The number of rotatable bonds is 8. The van der Waals surface area contributed by atoms with Crippen molar-refractivity contribution in [3.8, 4) is 0 Å². The van der Waals surface area contributed by atoms with Crippen LogP contribution < -0.4 is 9.80 Å². The highest BCUT2D eigenvalue weighted by molar-refractivity contribution is 6.16. The number of carbonyl (C=O) groups is 1. The topological polar surface area (TPSA) is 23.6 Å². The highest BCUT2D eigenvalue weighted by atomic mass is 16.1. The van der Waals surface area contributed by atoms with Gasteiger partial charge in [-0.1, -0.05) is 52.0 Å². The number of hydrogen-bond donors (Lipinski definition) is 0. The van der Waals surface area contributed by atoms with Gasteiger partial charge in [-0.15, -0.1) is 0 Å². The predicted octanol–water partition coefficient (Wildman–Crippen LogP) is 7.30. The summed E-state index contributed by atoms with van der Waals surface area (Å²) in [6, 6.07) is 12.9. The summed E-state index contributed by atoms with van der Waals surface area (Å²) < 4.78 is 0. The molecule has 0 bridgehead atoms. The summed E-state index contributed by atoms with van der Waals surface area (Å²) in [7, 11) is 0. The maximum atomic E-state index is 14.4. The van der Waals surface area contributed by atoms with E-state index in [0.717, 1.165) is 50.1 Å². The molecule has 0 unspecified atom stereocenters. The van der Waals surface area contributed by atoms with Crippen molar-refractivity contribution >= 4 is 17.2 Å². The lowest BCUT2D eigenvalue weighted by Gasteiger charge is -2.34. The van der Waals surface area contributed by atoms with Gasteiger partial charge in [-0.3, -0.25) is 4.79 Å². The van der Waals surface area contributed by atoms with Gasteiger partial charge in [-0.05, 0) is 86.5 Å². The van der Waals surface area contributed by atoms with Crippen molar-refractivity contribution in [2.24, 2.45) is 11.8 Å². The van der Waals surface area contributed by atoms with Crippen molar-refractivity contribution < 1.29 is 4.79 Å². The van der Waals surface area contributed by atoms with Crippen LogP contribution in [0.3, 0.4) is 0 Å². The van der Waals surface area contributed by atoms with Crippen molar-refractivity contribution in [2.75, 3.05) is 36.0 Å². The number of para-hydroxylation sites is 2. The molecular formula is C31H44N2O. The lowest BCUT2D eigenvalue weighted by molar-refractivity contribution is 0.103. The highest BCUT2D eigenvalue weighted by Crippen LogP contribution is 2.36. The van der Waals surface area contributed by atoms with Crippen molar-refractivity contribution in [3.05, 3.63) is 58.7 Å². The van der Waals surface area contributed by atoms with E-state index in [0.29, 0.717) is 11.8 Å². The molecule has 2 aromatic carbocycles. The molecular weight excluding hydrogens is 416 g/mol. The van der Waals surface area contributed by atoms with Gasteiger partial charge in [0.15, 0.2) is 5.78 Å². The molecule has 184 valence electrons. The first kappa shape index (κ1) is 24.8. The first-order valence-electron chi connectivity index (χ1n) is 13.7. The number of hydrogen-bond acceptors (Lipinski definition) is 3. The summed E-state index contributed by atoms with van der Waals surface area (Å²) in [5.41, 5.74) is 6.89. The average molecular weight is 461 g/mol. The monoisotopic (exact) mass is 460 g/mol. The Kier molecular flexibility index (Phi) is 8.34. The van der Waals surface area contributed by atoms with Crippen LogP contribution in [0.5, 0.6) is 0 Å². The maximum absolute atomic E-state index is 14.4. The second-order valence-corrected chi connectivity index (χ2v) is 11.2. The second-order valence-electron chi connectivity index (χ2n) is 11.2. The van der Waals surface area contributed by atoms with Gasteiger partial charge in [0.1, 0.15) is 0 Å². The molecule has 0 saturated carbocycles. The Hall–Kier alpha value is -2.29. The van der Waals surface area contributed by atoms with E-state index in [2.05, 4.69) is 73.9 Å². The number of piperidine rings is 2. The van der Waals surface area contributed by atoms with Crippen LogP contribution in [0.4, 0.5) is 11.4 Å². The van der Waals surface area contributed by atoms with Gasteiger partial charge in [0.25, 0.3) is 0 Å². The molecule has 3 heteroatoms. The zero-order valence-electron chi connectivity index (χ0n) is 21.9. The van der Waals surface area contributed by atoms with Gasteiger partial charge < -0.3 is 9.80 Å². The Morgan fingerprint density at radius 1 is 0.647 bits per heavy atom. The third-order valence-electron chi connectivity index (χ3n) is 7.33. The molecule has 2 heterocycles. The van der Waals surface area contributed by atoms with Crippen molar-refractivity contribution in [3.63, 3.8) is 0 Å². The smallest absolute Gasteiger partial charge is 0.197 e. The standard InChI is InChI=1S/C31H44N2O/c1-23(2)21-25-13-11-15-27(29(25)32-17-7-5-8-18-32)31(34)28-16-12-14-26(22-24(3)4)30(28)33-19-9-6-10-20-33/h11-16,23-24H,5-10,17-22H2,1-4H3. The first-order valence-corrected chi connectivity index (χ1v) is 13.7. The van der Waals surface area contributed by atoms with Crippen LogP contribution in [-0.4, -0.2) is 32.0 Å². The largest absolute Gasteiger partial charge is 0.371 e. The third-order valence-corrected chi connectivity index (χ3v) is 7.33. The van der Waals surface area contributed by atoms with Crippen molar-refractivity contribution in [2.45, 2.75) is 79.1 Å². The molecule has 0 atom stereocenters.